The Hall–Kier alpha value is -1.81. The van der Waals surface area contributed by atoms with Gasteiger partial charge < -0.3 is 10.1 Å². The van der Waals surface area contributed by atoms with Crippen molar-refractivity contribution in [3.8, 4) is 5.75 Å². The third-order valence-electron chi connectivity index (χ3n) is 2.52. The van der Waals surface area contributed by atoms with E-state index in [0.29, 0.717) is 12.1 Å². The molecule has 0 saturated carbocycles. The molecule has 0 fully saturated rings. The smallest absolute Gasteiger partial charge is 0.251 e. The second kappa shape index (κ2) is 6.38. The number of carbonyl (C=O) groups excluding carboxylic acids is 1. The van der Waals surface area contributed by atoms with Crippen LogP contribution in [0.3, 0.4) is 0 Å². The van der Waals surface area contributed by atoms with Gasteiger partial charge in [0.05, 0.1) is 6.10 Å². The van der Waals surface area contributed by atoms with E-state index >= 15 is 0 Å². The first-order valence-electron chi connectivity index (χ1n) is 6.21. The van der Waals surface area contributed by atoms with E-state index < -0.39 is 0 Å². The Balaban J connectivity index is 1.92. The van der Waals surface area contributed by atoms with Crippen LogP contribution in [0.1, 0.15) is 29.8 Å². The van der Waals surface area contributed by atoms with Gasteiger partial charge >= 0.3 is 0 Å². The van der Waals surface area contributed by atoms with Gasteiger partial charge in [-0.1, -0.05) is 0 Å². The average molecular weight is 275 g/mol. The fourth-order valence-corrected chi connectivity index (χ4v) is 2.30. The van der Waals surface area contributed by atoms with Crippen LogP contribution in [-0.4, -0.2) is 12.0 Å². The Morgan fingerprint density at radius 1 is 1.26 bits per heavy atom. The third-order valence-corrected chi connectivity index (χ3v) is 3.25. The zero-order valence-corrected chi connectivity index (χ0v) is 11.9. The summed E-state index contributed by atoms with van der Waals surface area (Å²) in [5, 5.41) is 6.92. The van der Waals surface area contributed by atoms with Crippen LogP contribution in [-0.2, 0) is 6.54 Å². The molecule has 0 spiro atoms. The minimum atomic E-state index is -0.0673. The highest BCUT2D eigenvalue weighted by Gasteiger charge is 2.06. The van der Waals surface area contributed by atoms with Gasteiger partial charge in [-0.3, -0.25) is 4.79 Å². The van der Waals surface area contributed by atoms with E-state index in [0.717, 1.165) is 11.3 Å². The van der Waals surface area contributed by atoms with Crippen molar-refractivity contribution in [1.29, 1.82) is 0 Å². The number of carbonyl (C=O) groups is 1. The standard InChI is InChI=1S/C15H17NO2S/c1-11(2)18-14-5-3-13(4-6-14)15(17)16-9-12-7-8-19-10-12/h3-8,10-11H,9H2,1-2H3,(H,16,17). The van der Waals surface area contributed by atoms with Crippen molar-refractivity contribution in [2.24, 2.45) is 0 Å². The Morgan fingerprint density at radius 3 is 2.58 bits per heavy atom. The summed E-state index contributed by atoms with van der Waals surface area (Å²) < 4.78 is 5.54. The third kappa shape index (κ3) is 4.10. The maximum atomic E-state index is 11.9. The highest BCUT2D eigenvalue weighted by atomic mass is 32.1. The number of hydrogen-bond donors (Lipinski definition) is 1. The summed E-state index contributed by atoms with van der Waals surface area (Å²) in [5.41, 5.74) is 1.77. The lowest BCUT2D eigenvalue weighted by molar-refractivity contribution is 0.0951. The number of amides is 1. The number of ether oxygens (including phenoxy) is 1. The Bertz CT molecular complexity index is 518. The van der Waals surface area contributed by atoms with Crippen LogP contribution in [0.2, 0.25) is 0 Å². The fraction of sp³-hybridized carbons (Fsp3) is 0.267. The van der Waals surface area contributed by atoms with Crippen molar-refractivity contribution in [2.45, 2.75) is 26.5 Å². The first-order valence-corrected chi connectivity index (χ1v) is 7.15. The highest BCUT2D eigenvalue weighted by Crippen LogP contribution is 2.14. The van der Waals surface area contributed by atoms with Crippen molar-refractivity contribution >= 4 is 17.2 Å². The van der Waals surface area contributed by atoms with Crippen LogP contribution in [0, 0.1) is 0 Å². The van der Waals surface area contributed by atoms with Crippen molar-refractivity contribution in [3.63, 3.8) is 0 Å². The monoisotopic (exact) mass is 275 g/mol. The predicted octanol–water partition coefficient (Wildman–Crippen LogP) is 3.47. The molecule has 0 saturated heterocycles. The van der Waals surface area contributed by atoms with Crippen molar-refractivity contribution < 1.29 is 9.53 Å². The maximum Gasteiger partial charge on any atom is 0.251 e. The fourth-order valence-electron chi connectivity index (χ4n) is 1.63. The molecule has 0 aliphatic rings. The lowest BCUT2D eigenvalue weighted by atomic mass is 10.2. The summed E-state index contributed by atoms with van der Waals surface area (Å²) in [7, 11) is 0. The molecule has 19 heavy (non-hydrogen) atoms. The molecule has 0 aliphatic heterocycles. The first kappa shape index (κ1) is 13.6. The summed E-state index contributed by atoms with van der Waals surface area (Å²) in [6, 6.07) is 9.20. The minimum absolute atomic E-state index is 0.0673. The van der Waals surface area contributed by atoms with E-state index in [4.69, 9.17) is 4.74 Å². The molecule has 0 bridgehead atoms. The molecule has 1 aromatic heterocycles. The number of nitrogens with one attached hydrogen (secondary N) is 1. The number of benzene rings is 1. The van der Waals surface area contributed by atoms with E-state index in [1.54, 1.807) is 23.5 Å². The van der Waals surface area contributed by atoms with Crippen LogP contribution >= 0.6 is 11.3 Å². The van der Waals surface area contributed by atoms with Gasteiger partial charge in [-0.25, -0.2) is 0 Å². The molecular weight excluding hydrogens is 258 g/mol. The van der Waals surface area contributed by atoms with Gasteiger partial charge in [0.2, 0.25) is 0 Å². The van der Waals surface area contributed by atoms with Gasteiger partial charge in [-0.05, 0) is 60.5 Å². The maximum absolute atomic E-state index is 11.9. The summed E-state index contributed by atoms with van der Waals surface area (Å²) in [6.45, 7) is 4.51. The van der Waals surface area contributed by atoms with Crippen LogP contribution in [0.15, 0.2) is 41.1 Å². The Morgan fingerprint density at radius 2 is 2.00 bits per heavy atom. The lowest BCUT2D eigenvalue weighted by Gasteiger charge is -2.10. The predicted molar refractivity (Wildman–Crippen MR) is 77.7 cm³/mol. The number of rotatable bonds is 5. The molecule has 2 aromatic rings. The van der Waals surface area contributed by atoms with Crippen LogP contribution < -0.4 is 10.1 Å². The molecule has 0 atom stereocenters. The van der Waals surface area contributed by atoms with E-state index in [1.165, 1.54) is 0 Å². The quantitative estimate of drug-likeness (QED) is 0.907. The van der Waals surface area contributed by atoms with Crippen LogP contribution in [0.4, 0.5) is 0 Å². The first-order chi connectivity index (χ1) is 9.15. The molecule has 3 nitrogen and oxygen atoms in total. The molecular formula is C15H17NO2S. The normalized spacial score (nSPS) is 10.5. The van der Waals surface area contributed by atoms with Gasteiger partial charge in [0, 0.05) is 12.1 Å². The molecule has 0 radical (unpaired) electrons. The molecule has 0 unspecified atom stereocenters. The van der Waals surface area contributed by atoms with E-state index in [2.05, 4.69) is 5.32 Å². The largest absolute Gasteiger partial charge is 0.491 e. The molecule has 1 N–H and O–H groups in total. The number of hydrogen-bond acceptors (Lipinski definition) is 3. The van der Waals surface area contributed by atoms with Gasteiger partial charge in [-0.15, -0.1) is 0 Å². The van der Waals surface area contributed by atoms with Crippen molar-refractivity contribution in [3.05, 3.63) is 52.2 Å². The van der Waals surface area contributed by atoms with Crippen LogP contribution in [0.25, 0.3) is 0 Å². The van der Waals surface area contributed by atoms with Crippen molar-refractivity contribution in [1.82, 2.24) is 5.32 Å². The molecule has 1 aromatic carbocycles. The van der Waals surface area contributed by atoms with E-state index in [-0.39, 0.29) is 12.0 Å². The molecule has 1 amide bonds. The summed E-state index contributed by atoms with van der Waals surface area (Å²) in [6.07, 6.45) is 0.137. The summed E-state index contributed by atoms with van der Waals surface area (Å²) in [5.74, 6) is 0.715. The van der Waals surface area contributed by atoms with Crippen LogP contribution in [0.5, 0.6) is 5.75 Å². The summed E-state index contributed by atoms with van der Waals surface area (Å²) in [4.78, 5) is 11.9. The molecule has 1 heterocycles. The Labute approximate surface area is 117 Å². The second-order valence-electron chi connectivity index (χ2n) is 4.51. The molecule has 2 rings (SSSR count). The minimum Gasteiger partial charge on any atom is -0.491 e. The zero-order valence-electron chi connectivity index (χ0n) is 11.1. The van der Waals surface area contributed by atoms with Gasteiger partial charge in [0.1, 0.15) is 5.75 Å². The Kier molecular flexibility index (Phi) is 4.58. The lowest BCUT2D eigenvalue weighted by Crippen LogP contribution is -2.22. The molecule has 4 heteroatoms. The highest BCUT2D eigenvalue weighted by molar-refractivity contribution is 7.07. The average Bonchev–Trinajstić information content (AvgIpc) is 2.89. The van der Waals surface area contributed by atoms with Gasteiger partial charge in [-0.2, -0.15) is 11.3 Å². The molecule has 0 aliphatic carbocycles. The van der Waals surface area contributed by atoms with Gasteiger partial charge in [0.15, 0.2) is 0 Å². The topological polar surface area (TPSA) is 38.3 Å². The number of thiophene rings is 1. The van der Waals surface area contributed by atoms with Crippen molar-refractivity contribution in [2.75, 3.05) is 0 Å². The zero-order chi connectivity index (χ0) is 13.7. The summed E-state index contributed by atoms with van der Waals surface area (Å²) >= 11 is 1.63. The van der Waals surface area contributed by atoms with E-state index in [1.807, 2.05) is 42.8 Å². The molecule has 100 valence electrons. The SMILES string of the molecule is CC(C)Oc1ccc(C(=O)NCc2ccsc2)cc1. The van der Waals surface area contributed by atoms with E-state index in [9.17, 15) is 4.79 Å². The van der Waals surface area contributed by atoms with Gasteiger partial charge in [0.25, 0.3) is 5.91 Å². The second-order valence-corrected chi connectivity index (χ2v) is 5.29.